The van der Waals surface area contributed by atoms with Crippen molar-refractivity contribution in [3.8, 4) is 11.3 Å². The molecule has 1 aromatic carbocycles. The van der Waals surface area contributed by atoms with Crippen molar-refractivity contribution >= 4 is 33.4 Å². The van der Waals surface area contributed by atoms with E-state index in [1.807, 2.05) is 29.7 Å². The Kier molecular flexibility index (Phi) is 5.65. The quantitative estimate of drug-likeness (QED) is 0.610. The third-order valence-electron chi connectivity index (χ3n) is 5.24. The van der Waals surface area contributed by atoms with Crippen LogP contribution in [0, 0.1) is 6.92 Å². The number of imidazole rings is 1. The number of sulfonamides is 1. The molecule has 3 aromatic rings. The van der Waals surface area contributed by atoms with E-state index in [2.05, 4.69) is 0 Å². The van der Waals surface area contributed by atoms with Gasteiger partial charge in [0.25, 0.3) is 0 Å². The van der Waals surface area contributed by atoms with E-state index in [1.165, 1.54) is 17.0 Å². The van der Waals surface area contributed by atoms with Crippen LogP contribution in [0.15, 0.2) is 41.4 Å². The van der Waals surface area contributed by atoms with E-state index >= 15 is 0 Å². The zero-order valence-electron chi connectivity index (χ0n) is 16.7. The number of pyridine rings is 1. The molecule has 1 aliphatic heterocycles. The summed E-state index contributed by atoms with van der Waals surface area (Å²) in [7, 11) is -3.89. The highest BCUT2D eigenvalue weighted by Gasteiger charge is 2.27. The first kappa shape index (κ1) is 21.6. The molecule has 9 nitrogen and oxygen atoms in total. The average molecular weight is 465 g/mol. The molecule has 0 bridgehead atoms. The van der Waals surface area contributed by atoms with Gasteiger partial charge in [0, 0.05) is 24.7 Å². The van der Waals surface area contributed by atoms with Gasteiger partial charge >= 0.3 is 6.09 Å². The fraction of sp³-hybridized carbons (Fsp3) is 0.300. The maximum absolute atomic E-state index is 11.7. The number of aryl methyl sites for hydroxylation is 1. The molecule has 31 heavy (non-hydrogen) atoms. The van der Waals surface area contributed by atoms with Gasteiger partial charge in [-0.1, -0.05) is 11.6 Å². The predicted octanol–water partition coefficient (Wildman–Crippen LogP) is 2.53. The SMILES string of the molecule is Cc1ccn2c(C[C@H]3CN(C(=O)O)CCO3)c(-c3ccc(S(N)(=O)=O)cc3Cl)nc2c1. The lowest BCUT2D eigenvalue weighted by molar-refractivity contribution is -0.0214. The minimum atomic E-state index is -3.89. The van der Waals surface area contributed by atoms with Gasteiger partial charge in [0.2, 0.25) is 10.0 Å². The summed E-state index contributed by atoms with van der Waals surface area (Å²) in [6.45, 7) is 2.83. The molecule has 3 N–H and O–H groups in total. The fourth-order valence-electron chi connectivity index (χ4n) is 3.71. The summed E-state index contributed by atoms with van der Waals surface area (Å²) in [6, 6.07) is 8.13. The maximum Gasteiger partial charge on any atom is 0.407 e. The van der Waals surface area contributed by atoms with E-state index in [9.17, 15) is 18.3 Å². The van der Waals surface area contributed by atoms with Crippen LogP contribution in [0.1, 0.15) is 11.3 Å². The third kappa shape index (κ3) is 4.38. The van der Waals surface area contributed by atoms with E-state index in [0.29, 0.717) is 36.5 Å². The summed E-state index contributed by atoms with van der Waals surface area (Å²) in [5.41, 5.74) is 3.64. The van der Waals surface area contributed by atoms with Gasteiger partial charge in [0.15, 0.2) is 0 Å². The largest absolute Gasteiger partial charge is 0.465 e. The number of ether oxygens (including phenoxy) is 1. The number of benzene rings is 1. The van der Waals surface area contributed by atoms with Crippen LogP contribution in [0.25, 0.3) is 16.9 Å². The van der Waals surface area contributed by atoms with Gasteiger partial charge in [0.05, 0.1) is 40.6 Å². The number of hydrogen-bond acceptors (Lipinski definition) is 5. The second-order valence-electron chi connectivity index (χ2n) is 7.45. The molecule has 0 spiro atoms. The third-order valence-corrected chi connectivity index (χ3v) is 6.46. The van der Waals surface area contributed by atoms with Crippen molar-refractivity contribution in [3.05, 3.63) is 52.8 Å². The summed E-state index contributed by atoms with van der Waals surface area (Å²) in [4.78, 5) is 17.3. The average Bonchev–Trinajstić information content (AvgIpc) is 3.04. The normalized spacial score (nSPS) is 17.3. The number of hydrogen-bond donors (Lipinski definition) is 2. The smallest absolute Gasteiger partial charge is 0.407 e. The van der Waals surface area contributed by atoms with Crippen molar-refractivity contribution in [2.75, 3.05) is 19.7 Å². The van der Waals surface area contributed by atoms with E-state index < -0.39 is 16.1 Å². The molecular formula is C20H21ClN4O5S. The van der Waals surface area contributed by atoms with Crippen LogP contribution in [-0.4, -0.2) is 59.7 Å². The zero-order valence-corrected chi connectivity index (χ0v) is 18.2. The van der Waals surface area contributed by atoms with Crippen molar-refractivity contribution in [1.82, 2.24) is 14.3 Å². The molecule has 1 amide bonds. The molecule has 0 radical (unpaired) electrons. The molecule has 0 saturated carbocycles. The monoisotopic (exact) mass is 464 g/mol. The number of aromatic nitrogens is 2. The van der Waals surface area contributed by atoms with Gasteiger partial charge in [-0.05, 0) is 42.8 Å². The maximum atomic E-state index is 11.7. The highest BCUT2D eigenvalue weighted by molar-refractivity contribution is 7.89. The summed E-state index contributed by atoms with van der Waals surface area (Å²) >= 11 is 6.42. The number of halogens is 1. The lowest BCUT2D eigenvalue weighted by Gasteiger charge is -2.31. The van der Waals surface area contributed by atoms with Crippen LogP contribution >= 0.6 is 11.6 Å². The van der Waals surface area contributed by atoms with E-state index in [4.69, 9.17) is 26.5 Å². The zero-order chi connectivity index (χ0) is 22.3. The molecule has 1 aliphatic rings. The van der Waals surface area contributed by atoms with E-state index in [1.54, 1.807) is 6.07 Å². The highest BCUT2D eigenvalue weighted by Crippen LogP contribution is 2.33. The highest BCUT2D eigenvalue weighted by atomic mass is 35.5. The number of amides is 1. The molecule has 2 aromatic heterocycles. The molecular weight excluding hydrogens is 444 g/mol. The lowest BCUT2D eigenvalue weighted by Crippen LogP contribution is -2.45. The molecule has 0 aliphatic carbocycles. The van der Waals surface area contributed by atoms with Crippen LogP contribution < -0.4 is 5.14 Å². The minimum absolute atomic E-state index is 0.0878. The molecule has 1 saturated heterocycles. The molecule has 4 rings (SSSR count). The van der Waals surface area contributed by atoms with Crippen LogP contribution in [0.2, 0.25) is 5.02 Å². The summed E-state index contributed by atoms with van der Waals surface area (Å²) in [5.74, 6) is 0. The van der Waals surface area contributed by atoms with Gasteiger partial charge in [-0.25, -0.2) is 23.3 Å². The number of nitrogens with two attached hydrogens (primary N) is 1. The molecule has 0 unspecified atom stereocenters. The van der Waals surface area contributed by atoms with Crippen molar-refractivity contribution in [2.45, 2.75) is 24.3 Å². The number of primary sulfonamides is 1. The van der Waals surface area contributed by atoms with E-state index in [0.717, 1.165) is 11.3 Å². The van der Waals surface area contributed by atoms with E-state index in [-0.39, 0.29) is 22.6 Å². The Balaban J connectivity index is 1.80. The number of nitrogens with zero attached hydrogens (tertiary/aromatic N) is 3. The first-order valence-electron chi connectivity index (χ1n) is 9.53. The predicted molar refractivity (Wildman–Crippen MR) is 115 cm³/mol. The van der Waals surface area contributed by atoms with Crippen molar-refractivity contribution in [2.24, 2.45) is 5.14 Å². The Morgan fingerprint density at radius 3 is 2.81 bits per heavy atom. The van der Waals surface area contributed by atoms with Gasteiger partial charge in [0.1, 0.15) is 5.65 Å². The standard InChI is InChI=1S/C20H21ClN4O5S/c1-12-4-5-25-17(9-13-11-24(20(26)27)6-7-30-13)19(23-18(25)8-12)15-3-2-14(10-16(15)21)31(22,28)29/h2-5,8,10,13H,6-7,9,11H2,1H3,(H,26,27)(H2,22,28,29)/t13-/m0/s1. The van der Waals surface area contributed by atoms with Gasteiger partial charge in [-0.2, -0.15) is 0 Å². The van der Waals surface area contributed by atoms with Gasteiger partial charge < -0.3 is 19.1 Å². The lowest BCUT2D eigenvalue weighted by atomic mass is 10.1. The number of carbonyl (C=O) groups is 1. The summed E-state index contributed by atoms with van der Waals surface area (Å²) in [5, 5.41) is 14.7. The Morgan fingerprint density at radius 2 is 2.13 bits per heavy atom. The molecule has 164 valence electrons. The summed E-state index contributed by atoms with van der Waals surface area (Å²) < 4.78 is 31.0. The van der Waals surface area contributed by atoms with Crippen LogP contribution in [0.5, 0.6) is 0 Å². The number of rotatable bonds is 4. The Bertz CT molecular complexity index is 1270. The van der Waals surface area contributed by atoms with Crippen LogP contribution in [-0.2, 0) is 21.2 Å². The second-order valence-corrected chi connectivity index (χ2v) is 9.42. The number of fused-ring (bicyclic) bond motifs is 1. The van der Waals surface area contributed by atoms with Crippen molar-refractivity contribution in [3.63, 3.8) is 0 Å². The number of morpholine rings is 1. The first-order chi connectivity index (χ1) is 14.6. The molecule has 3 heterocycles. The van der Waals surface area contributed by atoms with Crippen molar-refractivity contribution in [1.29, 1.82) is 0 Å². The number of carboxylic acid groups (broad SMARTS) is 1. The molecule has 1 atom stereocenters. The van der Waals surface area contributed by atoms with Gasteiger partial charge in [-0.15, -0.1) is 0 Å². The Morgan fingerprint density at radius 1 is 1.35 bits per heavy atom. The topological polar surface area (TPSA) is 127 Å². The Hall–Kier alpha value is -2.66. The Labute approximate surface area is 184 Å². The van der Waals surface area contributed by atoms with Crippen LogP contribution in [0.4, 0.5) is 4.79 Å². The fourth-order valence-corrected chi connectivity index (χ4v) is 4.58. The summed E-state index contributed by atoms with van der Waals surface area (Å²) in [6.07, 6.45) is 0.952. The molecule has 1 fully saturated rings. The van der Waals surface area contributed by atoms with Gasteiger partial charge in [-0.3, -0.25) is 0 Å². The first-order valence-corrected chi connectivity index (χ1v) is 11.5. The molecule has 11 heteroatoms. The van der Waals surface area contributed by atoms with Crippen LogP contribution in [0.3, 0.4) is 0 Å². The van der Waals surface area contributed by atoms with Crippen molar-refractivity contribution < 1.29 is 23.1 Å². The minimum Gasteiger partial charge on any atom is -0.465 e. The second kappa shape index (κ2) is 8.12.